The summed E-state index contributed by atoms with van der Waals surface area (Å²) in [5.74, 6) is 0.275. The summed E-state index contributed by atoms with van der Waals surface area (Å²) in [5.41, 5.74) is 3.91. The van der Waals surface area contributed by atoms with Crippen LogP contribution in [0.4, 0.5) is 5.95 Å². The van der Waals surface area contributed by atoms with Crippen LogP contribution in [-0.2, 0) is 13.0 Å². The molecular formula is C22H24N4O. The van der Waals surface area contributed by atoms with Gasteiger partial charge in [0.1, 0.15) is 5.69 Å². The van der Waals surface area contributed by atoms with Crippen LogP contribution >= 0.6 is 0 Å². The second kappa shape index (κ2) is 9.48. The van der Waals surface area contributed by atoms with Crippen LogP contribution in [0.1, 0.15) is 33.6 Å². The highest BCUT2D eigenvalue weighted by Crippen LogP contribution is 2.06. The number of benzene rings is 2. The Hall–Kier alpha value is -3.21. The zero-order valence-electron chi connectivity index (χ0n) is 15.5. The molecule has 0 aliphatic carbocycles. The fourth-order valence-electron chi connectivity index (χ4n) is 2.80. The predicted octanol–water partition coefficient (Wildman–Crippen LogP) is 3.76. The van der Waals surface area contributed by atoms with Gasteiger partial charge in [0.25, 0.3) is 5.91 Å². The number of carbonyl (C=O) groups is 1. The Bertz CT molecular complexity index is 880. The highest BCUT2D eigenvalue weighted by Gasteiger charge is 2.08. The van der Waals surface area contributed by atoms with Gasteiger partial charge in [-0.2, -0.15) is 0 Å². The van der Waals surface area contributed by atoms with E-state index in [-0.39, 0.29) is 5.91 Å². The molecule has 27 heavy (non-hydrogen) atoms. The minimum Gasteiger partial charge on any atom is -0.354 e. The summed E-state index contributed by atoms with van der Waals surface area (Å²) in [6, 6.07) is 20.0. The quantitative estimate of drug-likeness (QED) is 0.600. The van der Waals surface area contributed by atoms with Gasteiger partial charge in [0, 0.05) is 19.3 Å². The van der Waals surface area contributed by atoms with Crippen LogP contribution in [0.15, 0.2) is 66.9 Å². The van der Waals surface area contributed by atoms with Crippen molar-refractivity contribution in [3.8, 4) is 0 Å². The number of carbonyl (C=O) groups excluding carboxylic acids is 1. The lowest BCUT2D eigenvalue weighted by Crippen LogP contribution is -2.24. The number of hydrogen-bond acceptors (Lipinski definition) is 4. The maximum atomic E-state index is 12.3. The van der Waals surface area contributed by atoms with Gasteiger partial charge in [-0.25, -0.2) is 9.97 Å². The van der Waals surface area contributed by atoms with Crippen LogP contribution in [0.3, 0.4) is 0 Å². The molecule has 0 saturated carbocycles. The lowest BCUT2D eigenvalue weighted by Gasteiger charge is -2.08. The molecule has 0 atom stereocenters. The molecule has 3 rings (SSSR count). The van der Waals surface area contributed by atoms with E-state index in [0.29, 0.717) is 18.2 Å². The highest BCUT2D eigenvalue weighted by molar-refractivity contribution is 5.92. The third-order valence-corrected chi connectivity index (χ3v) is 4.19. The number of amides is 1. The second-order valence-electron chi connectivity index (χ2n) is 6.45. The first-order valence-corrected chi connectivity index (χ1v) is 9.15. The van der Waals surface area contributed by atoms with Crippen molar-refractivity contribution in [1.82, 2.24) is 15.3 Å². The first-order valence-electron chi connectivity index (χ1n) is 9.15. The monoisotopic (exact) mass is 360 g/mol. The van der Waals surface area contributed by atoms with E-state index in [9.17, 15) is 4.79 Å². The van der Waals surface area contributed by atoms with E-state index < -0.39 is 0 Å². The van der Waals surface area contributed by atoms with Crippen molar-refractivity contribution < 1.29 is 4.79 Å². The average Bonchev–Trinajstić information content (AvgIpc) is 2.70. The van der Waals surface area contributed by atoms with E-state index in [2.05, 4.69) is 38.8 Å². The topological polar surface area (TPSA) is 66.9 Å². The molecule has 138 valence electrons. The molecule has 1 amide bonds. The number of aromatic nitrogens is 2. The lowest BCUT2D eigenvalue weighted by atomic mass is 10.1. The van der Waals surface area contributed by atoms with E-state index in [1.54, 1.807) is 12.3 Å². The number of anilines is 1. The van der Waals surface area contributed by atoms with E-state index >= 15 is 0 Å². The molecule has 0 fully saturated rings. The summed E-state index contributed by atoms with van der Waals surface area (Å²) >= 11 is 0. The van der Waals surface area contributed by atoms with Gasteiger partial charge in [-0.3, -0.25) is 4.79 Å². The minimum absolute atomic E-state index is 0.203. The van der Waals surface area contributed by atoms with Gasteiger partial charge < -0.3 is 10.6 Å². The molecule has 3 aromatic rings. The normalized spacial score (nSPS) is 10.4. The van der Waals surface area contributed by atoms with Crippen LogP contribution < -0.4 is 10.6 Å². The molecule has 2 N–H and O–H groups in total. The van der Waals surface area contributed by atoms with E-state index in [1.165, 1.54) is 11.1 Å². The Balaban J connectivity index is 1.48. The third kappa shape index (κ3) is 5.92. The standard InChI is InChI=1S/C22H24N4O/c1-17-7-5-10-19(15-17)16-25-21(27)20-12-14-24-22(26-20)23-13-6-11-18-8-3-2-4-9-18/h2-5,7-10,12,14-15H,6,11,13,16H2,1H3,(H,25,27)(H,23,24,26). The first kappa shape index (κ1) is 18.6. The molecule has 0 aliphatic rings. The van der Waals surface area contributed by atoms with E-state index in [4.69, 9.17) is 0 Å². The predicted molar refractivity (Wildman–Crippen MR) is 108 cm³/mol. The molecule has 0 radical (unpaired) electrons. The van der Waals surface area contributed by atoms with Crippen molar-refractivity contribution in [3.63, 3.8) is 0 Å². The summed E-state index contributed by atoms with van der Waals surface area (Å²) in [6.07, 6.45) is 3.57. The smallest absolute Gasteiger partial charge is 0.270 e. The maximum absolute atomic E-state index is 12.3. The van der Waals surface area contributed by atoms with Crippen LogP contribution in [0.2, 0.25) is 0 Å². The number of rotatable bonds is 8. The molecule has 0 aliphatic heterocycles. The Kier molecular flexibility index (Phi) is 6.52. The number of nitrogens with zero attached hydrogens (tertiary/aromatic N) is 2. The summed E-state index contributed by atoms with van der Waals surface area (Å²) in [5, 5.41) is 6.09. The van der Waals surface area contributed by atoms with Crippen molar-refractivity contribution in [3.05, 3.63) is 89.2 Å². The zero-order chi connectivity index (χ0) is 18.9. The van der Waals surface area contributed by atoms with Crippen molar-refractivity contribution in [2.24, 2.45) is 0 Å². The number of nitrogens with one attached hydrogen (secondary N) is 2. The Morgan fingerprint density at radius 3 is 2.63 bits per heavy atom. The molecule has 5 nitrogen and oxygen atoms in total. The number of hydrogen-bond donors (Lipinski definition) is 2. The van der Waals surface area contributed by atoms with Crippen LogP contribution in [-0.4, -0.2) is 22.4 Å². The second-order valence-corrected chi connectivity index (χ2v) is 6.45. The fraction of sp³-hybridized carbons (Fsp3) is 0.227. The van der Waals surface area contributed by atoms with Gasteiger partial charge >= 0.3 is 0 Å². The molecule has 5 heteroatoms. The van der Waals surface area contributed by atoms with E-state index in [1.807, 2.05) is 43.3 Å². The highest BCUT2D eigenvalue weighted by atomic mass is 16.1. The average molecular weight is 360 g/mol. The summed E-state index contributed by atoms with van der Waals surface area (Å²) in [6.45, 7) is 3.26. The molecule has 2 aromatic carbocycles. The molecule has 0 saturated heterocycles. The van der Waals surface area contributed by atoms with E-state index in [0.717, 1.165) is 24.9 Å². The van der Waals surface area contributed by atoms with Gasteiger partial charge in [-0.05, 0) is 37.0 Å². The SMILES string of the molecule is Cc1cccc(CNC(=O)c2ccnc(NCCCc3ccccc3)n2)c1. The maximum Gasteiger partial charge on any atom is 0.270 e. The molecule has 0 unspecified atom stereocenters. The molecule has 0 bridgehead atoms. The van der Waals surface area contributed by atoms with Gasteiger partial charge in [-0.15, -0.1) is 0 Å². The molecule has 1 heterocycles. The van der Waals surface area contributed by atoms with Gasteiger partial charge in [0.05, 0.1) is 0 Å². The van der Waals surface area contributed by atoms with Crippen LogP contribution in [0.25, 0.3) is 0 Å². The summed E-state index contributed by atoms with van der Waals surface area (Å²) < 4.78 is 0. The molecule has 1 aromatic heterocycles. The van der Waals surface area contributed by atoms with Crippen LogP contribution in [0.5, 0.6) is 0 Å². The third-order valence-electron chi connectivity index (χ3n) is 4.19. The van der Waals surface area contributed by atoms with Crippen molar-refractivity contribution in [1.29, 1.82) is 0 Å². The number of aryl methyl sites for hydroxylation is 2. The van der Waals surface area contributed by atoms with Gasteiger partial charge in [0.2, 0.25) is 5.95 Å². The van der Waals surface area contributed by atoms with Gasteiger partial charge in [-0.1, -0.05) is 60.2 Å². The van der Waals surface area contributed by atoms with Crippen molar-refractivity contribution in [2.45, 2.75) is 26.3 Å². The van der Waals surface area contributed by atoms with Crippen molar-refractivity contribution in [2.75, 3.05) is 11.9 Å². The summed E-state index contributed by atoms with van der Waals surface area (Å²) in [4.78, 5) is 20.8. The fourth-order valence-corrected chi connectivity index (χ4v) is 2.80. The first-order chi connectivity index (χ1) is 13.2. The minimum atomic E-state index is -0.203. The largest absolute Gasteiger partial charge is 0.354 e. The molecule has 0 spiro atoms. The Morgan fingerprint density at radius 2 is 1.81 bits per heavy atom. The lowest BCUT2D eigenvalue weighted by molar-refractivity contribution is 0.0946. The summed E-state index contributed by atoms with van der Waals surface area (Å²) in [7, 11) is 0. The Morgan fingerprint density at radius 1 is 1.00 bits per heavy atom. The van der Waals surface area contributed by atoms with Gasteiger partial charge in [0.15, 0.2) is 0 Å². The zero-order valence-corrected chi connectivity index (χ0v) is 15.5. The Labute approximate surface area is 159 Å². The van der Waals surface area contributed by atoms with Crippen molar-refractivity contribution >= 4 is 11.9 Å². The van der Waals surface area contributed by atoms with Crippen LogP contribution in [0, 0.1) is 6.92 Å². The molecular weight excluding hydrogens is 336 g/mol.